The van der Waals surface area contributed by atoms with Crippen molar-refractivity contribution in [1.82, 2.24) is 8.75 Å². The zero-order chi connectivity index (χ0) is 21.1. The van der Waals surface area contributed by atoms with E-state index in [0.717, 1.165) is 37.4 Å². The van der Waals surface area contributed by atoms with Crippen molar-refractivity contribution in [2.75, 3.05) is 7.11 Å². The number of ether oxygens (including phenoxy) is 1. The average molecular weight is 444 g/mol. The zero-order valence-electron chi connectivity index (χ0n) is 17.6. The van der Waals surface area contributed by atoms with Gasteiger partial charge in [0, 0.05) is 16.7 Å². The summed E-state index contributed by atoms with van der Waals surface area (Å²) in [5.41, 5.74) is 2.38. The number of Topliss-reactive ketones (excluding diaryl/α,β-unsaturated/α-hetero) is 1. The predicted molar refractivity (Wildman–Crippen MR) is 113 cm³/mol. The van der Waals surface area contributed by atoms with E-state index in [2.05, 4.69) is 8.75 Å². The average Bonchev–Trinajstić information content (AvgIpc) is 3.44. The maximum Gasteiger partial charge on any atom is 1.00 e. The first-order valence-electron chi connectivity index (χ1n) is 9.92. The number of aliphatic carboxylic acids is 1. The number of carbonyl (C=O) groups excluding carboxylic acids is 2. The summed E-state index contributed by atoms with van der Waals surface area (Å²) < 4.78 is 13.5. The number of fused-ring (bicyclic) bond motifs is 1. The van der Waals surface area contributed by atoms with Gasteiger partial charge < -0.3 is 14.6 Å². The molecule has 1 fully saturated rings. The standard InChI is InChI=1S/C23H22N2O4S.Na/c1-29-17-9-6-15(7-10-17)22(26)18(12-14-4-2-3-5-14)21(23(27)28)16-8-11-19-20(13-16)25-30-24-19;/h6-11,13-14H,2-5,12H2,1H3,(H,27,28);/q;+1/p-1/b21-18+;. The molecular weight excluding hydrogens is 423 g/mol. The van der Waals surface area contributed by atoms with Crippen LogP contribution in [0.15, 0.2) is 48.0 Å². The fourth-order valence-electron chi connectivity index (χ4n) is 4.08. The number of carboxylic acids is 1. The van der Waals surface area contributed by atoms with Crippen molar-refractivity contribution in [2.24, 2.45) is 5.92 Å². The van der Waals surface area contributed by atoms with Crippen molar-refractivity contribution in [2.45, 2.75) is 32.1 Å². The van der Waals surface area contributed by atoms with Crippen LogP contribution in [0.1, 0.15) is 48.0 Å². The first kappa shape index (κ1) is 23.6. The second-order valence-electron chi connectivity index (χ2n) is 7.52. The molecule has 31 heavy (non-hydrogen) atoms. The Hall–Kier alpha value is -2.06. The van der Waals surface area contributed by atoms with Crippen LogP contribution >= 0.6 is 11.7 Å². The van der Waals surface area contributed by atoms with Crippen molar-refractivity contribution in [3.63, 3.8) is 0 Å². The zero-order valence-corrected chi connectivity index (χ0v) is 20.4. The van der Waals surface area contributed by atoms with E-state index in [0.29, 0.717) is 40.2 Å². The molecule has 0 spiro atoms. The van der Waals surface area contributed by atoms with Crippen LogP contribution in [0.25, 0.3) is 16.6 Å². The first-order chi connectivity index (χ1) is 14.6. The molecule has 1 heterocycles. The molecule has 0 atom stereocenters. The maximum absolute atomic E-state index is 13.4. The molecular formula is C23H21N2NaO4S. The van der Waals surface area contributed by atoms with Crippen LogP contribution in [0.5, 0.6) is 5.75 Å². The summed E-state index contributed by atoms with van der Waals surface area (Å²) in [5, 5.41) is 12.3. The summed E-state index contributed by atoms with van der Waals surface area (Å²) in [7, 11) is 1.56. The van der Waals surface area contributed by atoms with E-state index >= 15 is 0 Å². The molecule has 0 N–H and O–H groups in total. The van der Waals surface area contributed by atoms with E-state index in [1.807, 2.05) is 0 Å². The third-order valence-corrected chi connectivity index (χ3v) is 6.20. The molecule has 1 aromatic heterocycles. The smallest absolute Gasteiger partial charge is 0.545 e. The summed E-state index contributed by atoms with van der Waals surface area (Å²) in [5.74, 6) is -0.719. The SMILES string of the molecule is COc1ccc(C(=O)/C(CC2CCCC2)=C(/C(=O)[O-])c2ccc3nsnc3c2)cc1.[Na+]. The molecule has 0 bridgehead atoms. The van der Waals surface area contributed by atoms with Gasteiger partial charge in [-0.25, -0.2) is 0 Å². The quantitative estimate of drug-likeness (QED) is 0.302. The van der Waals surface area contributed by atoms with Gasteiger partial charge in [-0.15, -0.1) is 0 Å². The molecule has 154 valence electrons. The molecule has 0 aliphatic heterocycles. The Kier molecular flexibility index (Phi) is 8.00. The molecule has 1 saturated carbocycles. The molecule has 6 nitrogen and oxygen atoms in total. The molecule has 0 saturated heterocycles. The largest absolute Gasteiger partial charge is 1.00 e. The Morgan fingerprint density at radius 3 is 2.32 bits per heavy atom. The minimum atomic E-state index is -1.35. The number of nitrogens with zero attached hydrogens (tertiary/aromatic N) is 2. The van der Waals surface area contributed by atoms with E-state index < -0.39 is 5.97 Å². The summed E-state index contributed by atoms with van der Waals surface area (Å²) in [6, 6.07) is 11.8. The van der Waals surface area contributed by atoms with Crippen molar-refractivity contribution < 1.29 is 49.0 Å². The van der Waals surface area contributed by atoms with Crippen LogP contribution < -0.4 is 39.4 Å². The van der Waals surface area contributed by atoms with E-state index in [-0.39, 0.29) is 46.5 Å². The number of rotatable bonds is 7. The number of benzene rings is 2. The van der Waals surface area contributed by atoms with Gasteiger partial charge in [0.25, 0.3) is 0 Å². The Balaban J connectivity index is 0.00000272. The molecule has 3 aromatic rings. The van der Waals surface area contributed by atoms with Gasteiger partial charge in [0.05, 0.1) is 24.8 Å². The van der Waals surface area contributed by atoms with Gasteiger partial charge >= 0.3 is 29.6 Å². The van der Waals surface area contributed by atoms with Gasteiger partial charge in [0.15, 0.2) is 5.78 Å². The number of hydrogen-bond acceptors (Lipinski definition) is 7. The van der Waals surface area contributed by atoms with Crippen molar-refractivity contribution in [3.05, 3.63) is 59.2 Å². The molecule has 0 amide bonds. The van der Waals surface area contributed by atoms with Crippen LogP contribution in [0, 0.1) is 5.92 Å². The van der Waals surface area contributed by atoms with Crippen molar-refractivity contribution in [3.8, 4) is 5.75 Å². The van der Waals surface area contributed by atoms with E-state index in [1.54, 1.807) is 49.6 Å². The second kappa shape index (κ2) is 10.5. The first-order valence-corrected chi connectivity index (χ1v) is 10.7. The van der Waals surface area contributed by atoms with Crippen molar-refractivity contribution in [1.29, 1.82) is 0 Å². The Morgan fingerprint density at radius 2 is 1.68 bits per heavy atom. The van der Waals surface area contributed by atoms with Gasteiger partial charge in [0.2, 0.25) is 0 Å². The van der Waals surface area contributed by atoms with Crippen LogP contribution in [0.3, 0.4) is 0 Å². The molecule has 0 unspecified atom stereocenters. The fourth-order valence-corrected chi connectivity index (χ4v) is 4.60. The van der Waals surface area contributed by atoms with Crippen LogP contribution in [0.4, 0.5) is 0 Å². The number of carboxylic acid groups (broad SMARTS) is 1. The summed E-state index contributed by atoms with van der Waals surface area (Å²) in [4.78, 5) is 25.7. The summed E-state index contributed by atoms with van der Waals surface area (Å²) in [6.07, 6.45) is 4.61. The van der Waals surface area contributed by atoms with E-state index in [1.165, 1.54) is 0 Å². The van der Waals surface area contributed by atoms with Gasteiger partial charge in [-0.05, 0) is 54.3 Å². The topological polar surface area (TPSA) is 92.2 Å². The number of ketones is 1. The monoisotopic (exact) mass is 444 g/mol. The van der Waals surface area contributed by atoms with Crippen LogP contribution in [-0.2, 0) is 4.79 Å². The van der Waals surface area contributed by atoms with Crippen LogP contribution in [0.2, 0.25) is 0 Å². The van der Waals surface area contributed by atoms with E-state index in [4.69, 9.17) is 4.74 Å². The maximum atomic E-state index is 13.4. The minimum absolute atomic E-state index is 0. The second-order valence-corrected chi connectivity index (χ2v) is 8.05. The Labute approximate surface area is 206 Å². The number of allylic oxidation sites excluding steroid dienone is 1. The Morgan fingerprint density at radius 1 is 1.03 bits per heavy atom. The molecule has 8 heteroatoms. The van der Waals surface area contributed by atoms with Gasteiger partial charge in [-0.2, -0.15) is 8.75 Å². The van der Waals surface area contributed by atoms with Gasteiger partial charge in [0.1, 0.15) is 16.8 Å². The number of aromatic nitrogens is 2. The van der Waals surface area contributed by atoms with E-state index in [9.17, 15) is 14.7 Å². The minimum Gasteiger partial charge on any atom is -0.545 e. The molecule has 2 aromatic carbocycles. The summed E-state index contributed by atoms with van der Waals surface area (Å²) in [6.45, 7) is 0. The third kappa shape index (κ3) is 5.23. The third-order valence-electron chi connectivity index (χ3n) is 5.64. The predicted octanol–water partition coefficient (Wildman–Crippen LogP) is 0.671. The fraction of sp³-hybridized carbons (Fsp3) is 0.304. The summed E-state index contributed by atoms with van der Waals surface area (Å²) >= 11 is 1.06. The normalized spacial score (nSPS) is 14.7. The molecule has 1 aliphatic rings. The van der Waals surface area contributed by atoms with Gasteiger partial charge in [-0.3, -0.25) is 4.79 Å². The van der Waals surface area contributed by atoms with Crippen molar-refractivity contribution >= 4 is 40.1 Å². The van der Waals surface area contributed by atoms with Gasteiger partial charge in [-0.1, -0.05) is 31.7 Å². The Bertz CT molecular complexity index is 1120. The molecule has 1 aliphatic carbocycles. The molecule has 4 rings (SSSR count). The molecule has 0 radical (unpaired) electrons. The number of methoxy groups -OCH3 is 1. The van der Waals surface area contributed by atoms with Crippen LogP contribution in [-0.4, -0.2) is 27.6 Å². The number of hydrogen-bond donors (Lipinski definition) is 0. The number of carbonyl (C=O) groups is 2.